The molecule has 7 nitrogen and oxygen atoms in total. The lowest BCUT2D eigenvalue weighted by atomic mass is 9.86. The van der Waals surface area contributed by atoms with Gasteiger partial charge in [0.1, 0.15) is 29.1 Å². The average molecular weight is 440 g/mol. The second-order valence-electron chi connectivity index (χ2n) is 8.70. The summed E-state index contributed by atoms with van der Waals surface area (Å²) in [5.41, 5.74) is 3.61. The van der Waals surface area contributed by atoms with Gasteiger partial charge in [0.05, 0.1) is 5.56 Å². The maximum Gasteiger partial charge on any atom is 0.137 e. The predicted octanol–water partition coefficient (Wildman–Crippen LogP) is 3.80. The van der Waals surface area contributed by atoms with Crippen molar-refractivity contribution in [2.75, 3.05) is 18.0 Å². The Morgan fingerprint density at radius 1 is 1.12 bits per heavy atom. The number of halogens is 1. The third-order valence-corrected chi connectivity index (χ3v) is 6.81. The van der Waals surface area contributed by atoms with E-state index in [2.05, 4.69) is 25.8 Å². The Morgan fingerprint density at radius 2 is 1.97 bits per heavy atom. The zero-order valence-electron chi connectivity index (χ0n) is 17.7. The minimum atomic E-state index is -0.329. The molecule has 33 heavy (non-hydrogen) atoms. The largest absolute Gasteiger partial charge is 0.508 e. The number of nitrogens with one attached hydrogen (secondary N) is 1. The molecule has 2 atom stereocenters. The SMILES string of the molecule is N#Cc1cnc2[nH]ccc2c1-c1ccc(N2CC3CC(C2)N3Cc2cc(F)ccc2O)nc1. The maximum atomic E-state index is 13.6. The summed E-state index contributed by atoms with van der Waals surface area (Å²) in [7, 11) is 0. The molecule has 3 aliphatic rings. The van der Waals surface area contributed by atoms with E-state index >= 15 is 0 Å². The lowest BCUT2D eigenvalue weighted by molar-refractivity contribution is -0.00921. The Balaban J connectivity index is 1.20. The van der Waals surface area contributed by atoms with Crippen LogP contribution in [0.25, 0.3) is 22.2 Å². The van der Waals surface area contributed by atoms with Gasteiger partial charge in [-0.25, -0.2) is 14.4 Å². The molecule has 0 aliphatic carbocycles. The number of phenols is 1. The minimum absolute atomic E-state index is 0.139. The van der Waals surface area contributed by atoms with Crippen molar-refractivity contribution < 1.29 is 9.50 Å². The maximum absolute atomic E-state index is 13.6. The summed E-state index contributed by atoms with van der Waals surface area (Å²) in [6, 6.07) is 13.0. The van der Waals surface area contributed by atoms with Gasteiger partial charge in [-0.3, -0.25) is 4.90 Å². The van der Waals surface area contributed by atoms with Gasteiger partial charge in [0.2, 0.25) is 0 Å². The number of nitrogens with zero attached hydrogens (tertiary/aromatic N) is 5. The normalized spacial score (nSPS) is 19.9. The van der Waals surface area contributed by atoms with Crippen molar-refractivity contribution in [2.24, 2.45) is 0 Å². The van der Waals surface area contributed by atoms with Gasteiger partial charge in [0, 0.05) is 72.4 Å². The molecule has 7 rings (SSSR count). The lowest BCUT2D eigenvalue weighted by Gasteiger charge is -2.56. The number of phenolic OH excluding ortho intramolecular Hbond substituents is 1. The summed E-state index contributed by atoms with van der Waals surface area (Å²) in [5, 5.41) is 20.5. The van der Waals surface area contributed by atoms with E-state index in [9.17, 15) is 14.8 Å². The quantitative estimate of drug-likeness (QED) is 0.502. The van der Waals surface area contributed by atoms with Crippen molar-refractivity contribution >= 4 is 16.9 Å². The Bertz CT molecular complexity index is 1380. The molecule has 8 heteroatoms. The highest BCUT2D eigenvalue weighted by atomic mass is 19.1. The summed E-state index contributed by atoms with van der Waals surface area (Å²) in [5.74, 6) is 0.713. The van der Waals surface area contributed by atoms with Gasteiger partial charge in [-0.2, -0.15) is 5.26 Å². The van der Waals surface area contributed by atoms with E-state index in [0.29, 0.717) is 29.8 Å². The monoisotopic (exact) mass is 440 g/mol. The zero-order chi connectivity index (χ0) is 22.5. The molecule has 0 amide bonds. The van der Waals surface area contributed by atoms with Crippen LogP contribution in [0.1, 0.15) is 17.5 Å². The number of pyridine rings is 2. The molecular weight excluding hydrogens is 419 g/mol. The molecule has 3 saturated heterocycles. The van der Waals surface area contributed by atoms with Crippen molar-refractivity contribution in [1.29, 1.82) is 5.26 Å². The van der Waals surface area contributed by atoms with Crippen LogP contribution < -0.4 is 4.90 Å². The fourth-order valence-corrected chi connectivity index (χ4v) is 5.13. The molecule has 3 fully saturated rings. The molecule has 0 radical (unpaired) electrons. The van der Waals surface area contributed by atoms with Crippen LogP contribution in [0, 0.1) is 17.1 Å². The van der Waals surface area contributed by atoms with E-state index < -0.39 is 0 Å². The van der Waals surface area contributed by atoms with E-state index in [0.717, 1.165) is 47.5 Å². The van der Waals surface area contributed by atoms with Crippen molar-refractivity contribution in [1.82, 2.24) is 19.9 Å². The van der Waals surface area contributed by atoms with Crippen molar-refractivity contribution in [3.8, 4) is 22.9 Å². The number of hydrogen-bond acceptors (Lipinski definition) is 6. The number of fused-ring (bicyclic) bond motifs is 3. The van der Waals surface area contributed by atoms with Gasteiger partial charge in [0.15, 0.2) is 0 Å². The molecule has 2 bridgehead atoms. The summed E-state index contributed by atoms with van der Waals surface area (Å²) >= 11 is 0. The molecular formula is C25H21FN6O. The number of piperidine rings is 1. The van der Waals surface area contributed by atoms with Gasteiger partial charge < -0.3 is 15.0 Å². The fourth-order valence-electron chi connectivity index (χ4n) is 5.13. The third kappa shape index (κ3) is 3.29. The van der Waals surface area contributed by atoms with Crippen molar-refractivity contribution in [3.63, 3.8) is 0 Å². The Kier molecular flexibility index (Phi) is 4.52. The zero-order valence-corrected chi connectivity index (χ0v) is 17.7. The number of H-pyrrole nitrogens is 1. The van der Waals surface area contributed by atoms with Crippen LogP contribution in [0.3, 0.4) is 0 Å². The highest BCUT2D eigenvalue weighted by molar-refractivity contribution is 5.95. The number of hydrogen-bond donors (Lipinski definition) is 2. The van der Waals surface area contributed by atoms with Gasteiger partial charge >= 0.3 is 0 Å². The first-order chi connectivity index (χ1) is 16.1. The Hall–Kier alpha value is -3.96. The predicted molar refractivity (Wildman–Crippen MR) is 122 cm³/mol. The van der Waals surface area contributed by atoms with E-state index in [1.54, 1.807) is 6.20 Å². The fraction of sp³-hybridized carbons (Fsp3) is 0.240. The highest BCUT2D eigenvalue weighted by Crippen LogP contribution is 2.37. The first kappa shape index (κ1) is 19.7. The summed E-state index contributed by atoms with van der Waals surface area (Å²) in [6.07, 6.45) is 6.32. The van der Waals surface area contributed by atoms with Crippen LogP contribution in [0.2, 0.25) is 0 Å². The van der Waals surface area contributed by atoms with E-state index in [-0.39, 0.29) is 11.6 Å². The van der Waals surface area contributed by atoms with Crippen LogP contribution in [-0.2, 0) is 6.54 Å². The number of aromatic amines is 1. The number of anilines is 1. The van der Waals surface area contributed by atoms with E-state index in [1.807, 2.05) is 30.6 Å². The van der Waals surface area contributed by atoms with Crippen molar-refractivity contribution in [2.45, 2.75) is 25.0 Å². The Morgan fingerprint density at radius 3 is 2.73 bits per heavy atom. The Labute approximate surface area is 189 Å². The smallest absolute Gasteiger partial charge is 0.137 e. The summed E-state index contributed by atoms with van der Waals surface area (Å²) in [6.45, 7) is 2.21. The number of nitriles is 1. The topological polar surface area (TPSA) is 92.1 Å². The minimum Gasteiger partial charge on any atom is -0.508 e. The van der Waals surface area contributed by atoms with Crippen LogP contribution in [0.4, 0.5) is 10.2 Å². The number of aromatic nitrogens is 3. The molecule has 3 aromatic heterocycles. The third-order valence-electron chi connectivity index (χ3n) is 6.81. The van der Waals surface area contributed by atoms with Crippen LogP contribution >= 0.6 is 0 Å². The number of benzene rings is 1. The second kappa shape index (κ2) is 7.57. The molecule has 0 spiro atoms. The van der Waals surface area contributed by atoms with Crippen molar-refractivity contribution in [3.05, 3.63) is 71.9 Å². The molecule has 2 N–H and O–H groups in total. The first-order valence-corrected chi connectivity index (χ1v) is 10.9. The first-order valence-electron chi connectivity index (χ1n) is 10.9. The summed E-state index contributed by atoms with van der Waals surface area (Å²) < 4.78 is 13.6. The second-order valence-corrected chi connectivity index (χ2v) is 8.70. The number of rotatable bonds is 4. The molecule has 1 aromatic carbocycles. The average Bonchev–Trinajstić information content (AvgIpc) is 3.33. The highest BCUT2D eigenvalue weighted by Gasteiger charge is 2.44. The molecule has 6 heterocycles. The molecule has 3 aliphatic heterocycles. The lowest BCUT2D eigenvalue weighted by Crippen LogP contribution is -2.68. The van der Waals surface area contributed by atoms with E-state index in [4.69, 9.17) is 4.98 Å². The number of piperazine rings is 1. The molecule has 164 valence electrons. The molecule has 0 saturated carbocycles. The number of aromatic hydroxyl groups is 1. The standard InChI is InChI=1S/C25H21FN6O/c26-18-2-3-22(33)16(7-18)12-32-19-8-20(32)14-31(13-19)23-4-1-15(10-29-23)24-17(9-27)11-30-25-21(24)5-6-28-25/h1-7,10-11,19-20,33H,8,12-14H2,(H,28,30). The van der Waals surface area contributed by atoms with Crippen LogP contribution in [0.15, 0.2) is 55.0 Å². The summed E-state index contributed by atoms with van der Waals surface area (Å²) in [4.78, 5) is 16.7. The van der Waals surface area contributed by atoms with E-state index in [1.165, 1.54) is 18.2 Å². The van der Waals surface area contributed by atoms with Gasteiger partial charge in [-0.05, 0) is 42.8 Å². The molecule has 4 aromatic rings. The van der Waals surface area contributed by atoms with Crippen LogP contribution in [-0.4, -0.2) is 50.1 Å². The van der Waals surface area contributed by atoms with Gasteiger partial charge in [-0.1, -0.05) is 0 Å². The van der Waals surface area contributed by atoms with Gasteiger partial charge in [-0.15, -0.1) is 0 Å². The van der Waals surface area contributed by atoms with Gasteiger partial charge in [0.25, 0.3) is 0 Å². The molecule has 2 unspecified atom stereocenters. The van der Waals surface area contributed by atoms with Crippen LogP contribution in [0.5, 0.6) is 5.75 Å².